The smallest absolute Gasteiger partial charge is 0.243 e. The first-order valence-corrected chi connectivity index (χ1v) is 6.09. The Morgan fingerprint density at radius 2 is 2.00 bits per heavy atom. The van der Waals surface area contributed by atoms with Crippen molar-refractivity contribution >= 4 is 17.0 Å². The first-order chi connectivity index (χ1) is 9.42. The molecular weight excluding hydrogens is 242 g/mol. The molecular formula is C12H13N7. The van der Waals surface area contributed by atoms with E-state index in [4.69, 9.17) is 0 Å². The summed E-state index contributed by atoms with van der Waals surface area (Å²) in [4.78, 5) is 4.39. The Balaban J connectivity index is 1.56. The molecule has 2 heterocycles. The van der Waals surface area contributed by atoms with Crippen LogP contribution in [0, 0.1) is 0 Å². The average molecular weight is 255 g/mol. The minimum atomic E-state index is 0.553. The molecule has 3 rings (SSSR count). The highest BCUT2D eigenvalue weighted by molar-refractivity contribution is 5.73. The lowest BCUT2D eigenvalue weighted by Crippen LogP contribution is -2.10. The molecule has 0 saturated heterocycles. The Kier molecular flexibility index (Phi) is 3.26. The highest BCUT2D eigenvalue weighted by Gasteiger charge is 2.00. The van der Waals surface area contributed by atoms with E-state index < -0.39 is 0 Å². The van der Waals surface area contributed by atoms with E-state index in [1.807, 2.05) is 30.5 Å². The van der Waals surface area contributed by atoms with Gasteiger partial charge in [0.25, 0.3) is 0 Å². The Bertz CT molecular complexity index is 650. The third-order valence-electron chi connectivity index (χ3n) is 2.68. The first kappa shape index (κ1) is 11.5. The third-order valence-corrected chi connectivity index (χ3v) is 2.68. The van der Waals surface area contributed by atoms with E-state index in [1.54, 1.807) is 10.9 Å². The van der Waals surface area contributed by atoms with E-state index in [9.17, 15) is 0 Å². The molecule has 2 aromatic heterocycles. The molecule has 0 radical (unpaired) electrons. The second kappa shape index (κ2) is 5.38. The van der Waals surface area contributed by atoms with E-state index in [2.05, 4.69) is 30.8 Å². The predicted octanol–water partition coefficient (Wildman–Crippen LogP) is 1.12. The van der Waals surface area contributed by atoms with Crippen LogP contribution in [0.15, 0.2) is 36.7 Å². The number of benzene rings is 1. The number of fused-ring (bicyclic) bond motifs is 1. The van der Waals surface area contributed by atoms with Crippen molar-refractivity contribution in [2.24, 2.45) is 0 Å². The lowest BCUT2D eigenvalue weighted by atomic mass is 10.3. The summed E-state index contributed by atoms with van der Waals surface area (Å²) in [7, 11) is 0. The van der Waals surface area contributed by atoms with Gasteiger partial charge in [0, 0.05) is 19.3 Å². The van der Waals surface area contributed by atoms with Crippen LogP contribution in [0.2, 0.25) is 0 Å². The maximum atomic E-state index is 4.39. The Morgan fingerprint density at radius 3 is 2.84 bits per heavy atom. The predicted molar refractivity (Wildman–Crippen MR) is 70.5 cm³/mol. The molecule has 0 aliphatic heterocycles. The quantitative estimate of drug-likeness (QED) is 0.688. The third kappa shape index (κ3) is 2.82. The van der Waals surface area contributed by atoms with Crippen LogP contribution >= 0.6 is 0 Å². The van der Waals surface area contributed by atoms with Crippen LogP contribution in [0.25, 0.3) is 11.0 Å². The van der Waals surface area contributed by atoms with Gasteiger partial charge in [-0.25, -0.2) is 4.98 Å². The van der Waals surface area contributed by atoms with Gasteiger partial charge >= 0.3 is 0 Å². The number of nitrogens with zero attached hydrogens (tertiary/aromatic N) is 6. The summed E-state index contributed by atoms with van der Waals surface area (Å²) in [6, 6.07) is 7.67. The molecule has 7 nitrogen and oxygen atoms in total. The molecule has 0 fully saturated rings. The van der Waals surface area contributed by atoms with Crippen LogP contribution in [0.4, 0.5) is 5.95 Å². The van der Waals surface area contributed by atoms with Gasteiger partial charge in [-0.05, 0) is 18.6 Å². The maximum absolute atomic E-state index is 4.39. The zero-order valence-electron chi connectivity index (χ0n) is 10.3. The number of rotatable bonds is 5. The van der Waals surface area contributed by atoms with Gasteiger partial charge in [0.1, 0.15) is 5.52 Å². The van der Waals surface area contributed by atoms with E-state index in [1.165, 1.54) is 0 Å². The molecule has 0 aliphatic carbocycles. The van der Waals surface area contributed by atoms with Crippen molar-refractivity contribution in [2.75, 3.05) is 11.9 Å². The number of aromatic nitrogens is 6. The zero-order chi connectivity index (χ0) is 12.9. The highest BCUT2D eigenvalue weighted by atomic mass is 15.4. The molecule has 0 aliphatic rings. The summed E-state index contributed by atoms with van der Waals surface area (Å²) in [5.41, 5.74) is 1.65. The number of hydrogen-bond acceptors (Lipinski definition) is 6. The molecule has 0 amide bonds. The Labute approximate surface area is 109 Å². The number of nitrogens with one attached hydrogen (secondary N) is 1. The van der Waals surface area contributed by atoms with E-state index in [0.717, 1.165) is 30.5 Å². The molecule has 19 heavy (non-hydrogen) atoms. The summed E-state index contributed by atoms with van der Waals surface area (Å²) in [6.45, 7) is 1.58. The molecule has 0 saturated carbocycles. The molecule has 96 valence electrons. The standard InChI is InChI=1S/C12H13N7/c1-2-5-11-10(4-1)15-12(17-16-11)13-6-3-8-19-9-7-14-18-19/h1-2,4-5,7,9H,3,6,8H2,(H,13,15,17). The number of para-hydroxylation sites is 1. The van der Waals surface area contributed by atoms with Crippen molar-refractivity contribution in [2.45, 2.75) is 13.0 Å². The molecule has 3 aromatic rings. The van der Waals surface area contributed by atoms with Gasteiger partial charge in [-0.15, -0.1) is 15.3 Å². The summed E-state index contributed by atoms with van der Waals surface area (Å²) in [5, 5.41) is 18.9. The maximum Gasteiger partial charge on any atom is 0.243 e. The fourth-order valence-electron chi connectivity index (χ4n) is 1.75. The minimum Gasteiger partial charge on any atom is -0.353 e. The fourth-order valence-corrected chi connectivity index (χ4v) is 1.75. The second-order valence-corrected chi connectivity index (χ2v) is 4.07. The molecule has 1 aromatic carbocycles. The van der Waals surface area contributed by atoms with E-state index in [0.29, 0.717) is 5.95 Å². The van der Waals surface area contributed by atoms with Gasteiger partial charge in [-0.3, -0.25) is 4.68 Å². The minimum absolute atomic E-state index is 0.553. The van der Waals surface area contributed by atoms with Crippen molar-refractivity contribution in [3.8, 4) is 0 Å². The summed E-state index contributed by atoms with van der Waals surface area (Å²) < 4.78 is 1.79. The lowest BCUT2D eigenvalue weighted by Gasteiger charge is -2.04. The van der Waals surface area contributed by atoms with Gasteiger partial charge in [0.15, 0.2) is 0 Å². The van der Waals surface area contributed by atoms with Crippen LogP contribution in [0.5, 0.6) is 0 Å². The topological polar surface area (TPSA) is 81.4 Å². The monoisotopic (exact) mass is 255 g/mol. The Hall–Kier alpha value is -2.57. The summed E-state index contributed by atoms with van der Waals surface area (Å²) in [6.07, 6.45) is 4.43. The number of anilines is 1. The van der Waals surface area contributed by atoms with E-state index >= 15 is 0 Å². The molecule has 7 heteroatoms. The molecule has 0 bridgehead atoms. The highest BCUT2D eigenvalue weighted by Crippen LogP contribution is 2.08. The lowest BCUT2D eigenvalue weighted by molar-refractivity contribution is 0.569. The van der Waals surface area contributed by atoms with E-state index in [-0.39, 0.29) is 0 Å². The molecule has 0 unspecified atom stereocenters. The summed E-state index contributed by atoms with van der Waals surface area (Å²) >= 11 is 0. The van der Waals surface area contributed by atoms with Crippen molar-refractivity contribution in [1.29, 1.82) is 0 Å². The van der Waals surface area contributed by atoms with Crippen LogP contribution in [0.3, 0.4) is 0 Å². The normalized spacial score (nSPS) is 10.7. The molecule has 1 N–H and O–H groups in total. The van der Waals surface area contributed by atoms with Gasteiger partial charge in [0.2, 0.25) is 5.95 Å². The van der Waals surface area contributed by atoms with Crippen LogP contribution < -0.4 is 5.32 Å². The summed E-state index contributed by atoms with van der Waals surface area (Å²) in [5.74, 6) is 0.553. The fraction of sp³-hybridized carbons (Fsp3) is 0.250. The number of aryl methyl sites for hydroxylation is 1. The molecule has 0 atom stereocenters. The number of hydrogen-bond donors (Lipinski definition) is 1. The van der Waals surface area contributed by atoms with Crippen molar-refractivity contribution in [3.63, 3.8) is 0 Å². The largest absolute Gasteiger partial charge is 0.353 e. The van der Waals surface area contributed by atoms with Gasteiger partial charge < -0.3 is 5.32 Å². The van der Waals surface area contributed by atoms with Crippen LogP contribution in [-0.2, 0) is 6.54 Å². The zero-order valence-corrected chi connectivity index (χ0v) is 10.3. The second-order valence-electron chi connectivity index (χ2n) is 4.07. The van der Waals surface area contributed by atoms with Gasteiger partial charge in [-0.1, -0.05) is 17.3 Å². The molecule has 0 spiro atoms. The first-order valence-electron chi connectivity index (χ1n) is 6.09. The average Bonchev–Trinajstić information content (AvgIpc) is 2.97. The van der Waals surface area contributed by atoms with Gasteiger partial charge in [0.05, 0.1) is 11.7 Å². The van der Waals surface area contributed by atoms with Crippen molar-refractivity contribution < 1.29 is 0 Å². The Morgan fingerprint density at radius 1 is 1.11 bits per heavy atom. The van der Waals surface area contributed by atoms with Gasteiger partial charge in [-0.2, -0.15) is 0 Å². The van der Waals surface area contributed by atoms with Crippen LogP contribution in [0.1, 0.15) is 6.42 Å². The van der Waals surface area contributed by atoms with Crippen LogP contribution in [-0.4, -0.2) is 36.7 Å². The van der Waals surface area contributed by atoms with Crippen molar-refractivity contribution in [3.05, 3.63) is 36.7 Å². The SMILES string of the molecule is c1ccc2nc(NCCCn3ccnn3)nnc2c1. The van der Waals surface area contributed by atoms with Crippen molar-refractivity contribution in [1.82, 2.24) is 30.2 Å².